The molecule has 3 heterocycles. The van der Waals surface area contributed by atoms with Crippen LogP contribution in [0.4, 0.5) is 22.4 Å². The zero-order valence-electron chi connectivity index (χ0n) is 17.7. The molecule has 164 valence electrons. The van der Waals surface area contributed by atoms with Crippen molar-refractivity contribution in [2.24, 2.45) is 7.05 Å². The number of anilines is 3. The minimum absolute atomic E-state index is 0.0638. The lowest BCUT2D eigenvalue weighted by Gasteiger charge is -2.22. The number of nitrogens with one attached hydrogen (secondary N) is 2. The minimum Gasteiger partial charge on any atom is -0.357 e. The van der Waals surface area contributed by atoms with Crippen molar-refractivity contribution in [1.29, 1.82) is 0 Å². The largest absolute Gasteiger partial charge is 0.357 e. The van der Waals surface area contributed by atoms with Gasteiger partial charge in [-0.05, 0) is 25.1 Å². The van der Waals surface area contributed by atoms with E-state index >= 15 is 0 Å². The molecule has 4 aromatic rings. The summed E-state index contributed by atoms with van der Waals surface area (Å²) in [4.78, 5) is 43.1. The molecule has 0 fully saturated rings. The van der Waals surface area contributed by atoms with E-state index in [-0.39, 0.29) is 6.54 Å². The quantitative estimate of drug-likeness (QED) is 0.432. The number of imidazole rings is 1. The van der Waals surface area contributed by atoms with Crippen molar-refractivity contribution in [3.63, 3.8) is 0 Å². The Bertz CT molecular complexity index is 1280. The standard InChI is InChI=1S/C21H21ClN8O2/c1-13-19(27-20(28(13)2)26-18-10-23-7-8-24-18)29(3)21(32)30(12-31)11-14-9-15-16(22)5-4-6-17(15)25-14/h4-10,12,25H,11H2,1-3H3,(H,24,26,27). The number of urea groups is 1. The number of aromatic amines is 1. The first-order chi connectivity index (χ1) is 15.4. The van der Waals surface area contributed by atoms with Gasteiger partial charge in [0.25, 0.3) is 0 Å². The van der Waals surface area contributed by atoms with Crippen LogP contribution < -0.4 is 10.2 Å². The second kappa shape index (κ2) is 8.67. The zero-order valence-corrected chi connectivity index (χ0v) is 18.5. The first kappa shape index (κ1) is 21.3. The van der Waals surface area contributed by atoms with Crippen molar-refractivity contribution in [1.82, 2.24) is 29.4 Å². The summed E-state index contributed by atoms with van der Waals surface area (Å²) in [6.45, 7) is 1.90. The first-order valence-electron chi connectivity index (χ1n) is 9.71. The number of hydrogen-bond acceptors (Lipinski definition) is 6. The molecule has 0 unspecified atom stereocenters. The second-order valence-corrected chi connectivity index (χ2v) is 7.60. The van der Waals surface area contributed by atoms with Crippen LogP contribution in [0, 0.1) is 6.92 Å². The lowest BCUT2D eigenvalue weighted by atomic mass is 10.2. The summed E-state index contributed by atoms with van der Waals surface area (Å²) < 4.78 is 1.79. The summed E-state index contributed by atoms with van der Waals surface area (Å²) in [6, 6.07) is 6.81. The molecule has 0 aliphatic heterocycles. The molecule has 1 aromatic carbocycles. The number of aromatic nitrogens is 5. The van der Waals surface area contributed by atoms with Crippen LogP contribution in [0.5, 0.6) is 0 Å². The molecular formula is C21H21ClN8O2. The number of H-pyrrole nitrogens is 1. The molecule has 0 spiro atoms. The number of benzene rings is 1. The lowest BCUT2D eigenvalue weighted by Crippen LogP contribution is -2.40. The van der Waals surface area contributed by atoms with Crippen molar-refractivity contribution >= 4 is 52.5 Å². The molecule has 0 atom stereocenters. The average molecular weight is 453 g/mol. The fourth-order valence-corrected chi connectivity index (χ4v) is 3.58. The second-order valence-electron chi connectivity index (χ2n) is 7.19. The molecule has 32 heavy (non-hydrogen) atoms. The molecule has 0 saturated carbocycles. The predicted molar refractivity (Wildman–Crippen MR) is 122 cm³/mol. The Balaban J connectivity index is 1.55. The topological polar surface area (TPSA) is 112 Å². The van der Waals surface area contributed by atoms with Gasteiger partial charge in [0, 0.05) is 48.1 Å². The first-order valence-corrected chi connectivity index (χ1v) is 10.1. The van der Waals surface area contributed by atoms with E-state index in [4.69, 9.17) is 11.6 Å². The van der Waals surface area contributed by atoms with Crippen LogP contribution in [0.15, 0.2) is 42.9 Å². The van der Waals surface area contributed by atoms with Crippen LogP contribution in [0.2, 0.25) is 5.02 Å². The van der Waals surface area contributed by atoms with Gasteiger partial charge < -0.3 is 14.9 Å². The molecule has 0 radical (unpaired) electrons. The third-order valence-electron chi connectivity index (χ3n) is 5.14. The third kappa shape index (κ3) is 4.00. The maximum Gasteiger partial charge on any atom is 0.332 e. The van der Waals surface area contributed by atoms with Crippen molar-refractivity contribution in [2.45, 2.75) is 13.5 Å². The third-order valence-corrected chi connectivity index (χ3v) is 5.47. The van der Waals surface area contributed by atoms with Gasteiger partial charge in [-0.1, -0.05) is 17.7 Å². The van der Waals surface area contributed by atoms with Gasteiger partial charge >= 0.3 is 6.03 Å². The van der Waals surface area contributed by atoms with E-state index in [9.17, 15) is 9.59 Å². The Hall–Kier alpha value is -3.92. The van der Waals surface area contributed by atoms with Gasteiger partial charge in [-0.3, -0.25) is 19.6 Å². The van der Waals surface area contributed by atoms with Gasteiger partial charge in [0.15, 0.2) is 11.6 Å². The fraction of sp³-hybridized carbons (Fsp3) is 0.190. The molecule has 0 saturated heterocycles. The van der Waals surface area contributed by atoms with E-state index in [1.165, 1.54) is 4.90 Å². The number of amides is 3. The van der Waals surface area contributed by atoms with Crippen molar-refractivity contribution in [2.75, 3.05) is 17.3 Å². The molecule has 0 aliphatic carbocycles. The van der Waals surface area contributed by atoms with E-state index in [2.05, 4.69) is 25.3 Å². The number of rotatable bonds is 6. The van der Waals surface area contributed by atoms with E-state index in [0.29, 0.717) is 34.7 Å². The Morgan fingerprint density at radius 3 is 2.84 bits per heavy atom. The van der Waals surface area contributed by atoms with E-state index in [1.54, 1.807) is 36.3 Å². The molecule has 2 N–H and O–H groups in total. The maximum atomic E-state index is 13.1. The molecule has 0 aliphatic rings. The monoisotopic (exact) mass is 452 g/mol. The molecular weight excluding hydrogens is 432 g/mol. The van der Waals surface area contributed by atoms with Gasteiger partial charge in [0.05, 0.1) is 18.4 Å². The highest BCUT2D eigenvalue weighted by molar-refractivity contribution is 6.35. The average Bonchev–Trinajstić information content (AvgIpc) is 3.34. The van der Waals surface area contributed by atoms with Gasteiger partial charge in [-0.25, -0.2) is 9.78 Å². The highest BCUT2D eigenvalue weighted by Gasteiger charge is 2.25. The van der Waals surface area contributed by atoms with Crippen molar-refractivity contribution in [3.05, 3.63) is 59.3 Å². The molecule has 3 amide bonds. The maximum absolute atomic E-state index is 13.1. The summed E-state index contributed by atoms with van der Waals surface area (Å²) in [5.74, 6) is 1.42. The predicted octanol–water partition coefficient (Wildman–Crippen LogP) is 3.61. The number of imide groups is 1. The molecule has 0 bridgehead atoms. The van der Waals surface area contributed by atoms with Crippen molar-refractivity contribution in [3.8, 4) is 0 Å². The summed E-state index contributed by atoms with van der Waals surface area (Å²) in [6.07, 6.45) is 5.21. The van der Waals surface area contributed by atoms with Crippen LogP contribution in [0.3, 0.4) is 0 Å². The summed E-state index contributed by atoms with van der Waals surface area (Å²) in [7, 11) is 3.39. The number of fused-ring (bicyclic) bond motifs is 1. The van der Waals surface area contributed by atoms with Gasteiger partial charge in [0.1, 0.15) is 0 Å². The van der Waals surface area contributed by atoms with E-state index < -0.39 is 6.03 Å². The summed E-state index contributed by atoms with van der Waals surface area (Å²) in [5, 5.41) is 4.50. The van der Waals surface area contributed by atoms with Crippen LogP contribution in [0.25, 0.3) is 10.9 Å². The van der Waals surface area contributed by atoms with Crippen LogP contribution in [-0.2, 0) is 18.4 Å². The van der Waals surface area contributed by atoms with Crippen LogP contribution in [0.1, 0.15) is 11.4 Å². The van der Waals surface area contributed by atoms with Crippen molar-refractivity contribution < 1.29 is 9.59 Å². The zero-order chi connectivity index (χ0) is 22.8. The minimum atomic E-state index is -0.517. The molecule has 10 nitrogen and oxygen atoms in total. The molecule has 3 aromatic heterocycles. The Morgan fingerprint density at radius 1 is 1.34 bits per heavy atom. The fourth-order valence-electron chi connectivity index (χ4n) is 3.35. The molecule has 11 heteroatoms. The number of halogens is 1. The highest BCUT2D eigenvalue weighted by Crippen LogP contribution is 2.26. The lowest BCUT2D eigenvalue weighted by molar-refractivity contribution is -0.116. The summed E-state index contributed by atoms with van der Waals surface area (Å²) >= 11 is 6.22. The van der Waals surface area contributed by atoms with Gasteiger partial charge in [0.2, 0.25) is 12.4 Å². The number of carbonyl (C=O) groups excluding carboxylic acids is 2. The highest BCUT2D eigenvalue weighted by atomic mass is 35.5. The van der Waals surface area contributed by atoms with Crippen LogP contribution in [-0.4, -0.2) is 48.9 Å². The van der Waals surface area contributed by atoms with Gasteiger partial charge in [-0.2, -0.15) is 4.98 Å². The van der Waals surface area contributed by atoms with E-state index in [0.717, 1.165) is 21.5 Å². The normalized spacial score (nSPS) is 10.9. The van der Waals surface area contributed by atoms with E-state index in [1.807, 2.05) is 32.2 Å². The Kier molecular flexibility index (Phi) is 5.78. The summed E-state index contributed by atoms with van der Waals surface area (Å²) in [5.41, 5.74) is 2.25. The smallest absolute Gasteiger partial charge is 0.332 e. The Morgan fingerprint density at radius 2 is 2.16 bits per heavy atom. The number of hydrogen-bond donors (Lipinski definition) is 2. The number of nitrogens with zero attached hydrogens (tertiary/aromatic N) is 6. The SMILES string of the molecule is Cc1c(N(C)C(=O)N(C=O)Cc2cc3c(Cl)cccc3[nH]2)nc(Nc2cnccn2)n1C. The van der Waals surface area contributed by atoms with Gasteiger partial charge in [-0.15, -0.1) is 0 Å². The molecule has 4 rings (SSSR count). The number of carbonyl (C=O) groups is 2. The Labute approximate surface area is 188 Å². The van der Waals surface area contributed by atoms with Crippen LogP contribution >= 0.6 is 11.6 Å².